The van der Waals surface area contributed by atoms with Crippen LogP contribution in [0.4, 0.5) is 0 Å². The van der Waals surface area contributed by atoms with E-state index in [1.165, 1.54) is 6.92 Å². The molecule has 9 nitrogen and oxygen atoms in total. The Morgan fingerprint density at radius 3 is 2.28 bits per heavy atom. The second-order valence-corrected chi connectivity index (χ2v) is 5.28. The fraction of sp³-hybridized carbons (Fsp3) is 0.250. The van der Waals surface area contributed by atoms with Gasteiger partial charge in [-0.25, -0.2) is 4.79 Å². The minimum atomic E-state index is -2.02. The SMILES string of the molecule is CCn1c(O)c(C(=O)C(N)C(=O)O)c(=O)n(Cc2ccccc2)c1=O. The van der Waals surface area contributed by atoms with Crippen molar-refractivity contribution >= 4 is 11.8 Å². The third kappa shape index (κ3) is 3.36. The van der Waals surface area contributed by atoms with E-state index in [-0.39, 0.29) is 13.1 Å². The standard InChI is InChI=1S/C16H17N3O6/c1-2-18-13(21)10(12(20)11(17)15(23)24)14(22)19(16(18)25)8-9-6-4-3-5-7-9/h3-7,11,21H,2,8,17H2,1H3,(H,23,24). The van der Waals surface area contributed by atoms with Crippen molar-refractivity contribution in [2.45, 2.75) is 26.1 Å². The highest BCUT2D eigenvalue weighted by atomic mass is 16.4. The molecule has 1 unspecified atom stereocenters. The van der Waals surface area contributed by atoms with E-state index >= 15 is 0 Å². The van der Waals surface area contributed by atoms with Crippen molar-refractivity contribution in [3.63, 3.8) is 0 Å². The van der Waals surface area contributed by atoms with Gasteiger partial charge in [0.25, 0.3) is 5.56 Å². The molecular formula is C16H17N3O6. The summed E-state index contributed by atoms with van der Waals surface area (Å²) >= 11 is 0. The molecule has 4 N–H and O–H groups in total. The quantitative estimate of drug-likeness (QED) is 0.466. The third-order valence-electron chi connectivity index (χ3n) is 3.69. The Morgan fingerprint density at radius 1 is 1.16 bits per heavy atom. The number of carboxylic acid groups (broad SMARTS) is 1. The molecule has 0 radical (unpaired) electrons. The van der Waals surface area contributed by atoms with Gasteiger partial charge in [-0.15, -0.1) is 0 Å². The monoisotopic (exact) mass is 347 g/mol. The first-order valence-electron chi connectivity index (χ1n) is 7.42. The highest BCUT2D eigenvalue weighted by molar-refractivity contribution is 6.12. The fourth-order valence-corrected chi connectivity index (χ4v) is 2.36. The molecule has 0 spiro atoms. The number of nitrogens with two attached hydrogens (primary N) is 1. The molecule has 2 rings (SSSR count). The van der Waals surface area contributed by atoms with Gasteiger partial charge < -0.3 is 15.9 Å². The van der Waals surface area contributed by atoms with E-state index in [2.05, 4.69) is 0 Å². The molecule has 0 aliphatic heterocycles. The molecule has 1 heterocycles. The second-order valence-electron chi connectivity index (χ2n) is 5.28. The van der Waals surface area contributed by atoms with Gasteiger partial charge in [0.15, 0.2) is 6.04 Å². The van der Waals surface area contributed by atoms with Crippen molar-refractivity contribution in [3.8, 4) is 5.88 Å². The molecule has 0 saturated heterocycles. The van der Waals surface area contributed by atoms with Gasteiger partial charge in [-0.2, -0.15) is 0 Å². The van der Waals surface area contributed by atoms with Gasteiger partial charge in [0.2, 0.25) is 11.7 Å². The minimum Gasteiger partial charge on any atom is -0.494 e. The van der Waals surface area contributed by atoms with E-state index in [0.29, 0.717) is 5.56 Å². The Bertz CT molecular complexity index is 929. The topological polar surface area (TPSA) is 145 Å². The van der Waals surface area contributed by atoms with Crippen LogP contribution in [0.2, 0.25) is 0 Å². The summed E-state index contributed by atoms with van der Waals surface area (Å²) < 4.78 is 1.58. The van der Waals surface area contributed by atoms with E-state index in [1.807, 2.05) is 0 Å². The van der Waals surface area contributed by atoms with E-state index in [4.69, 9.17) is 10.8 Å². The maximum Gasteiger partial charge on any atom is 0.334 e. The molecule has 9 heteroatoms. The van der Waals surface area contributed by atoms with Crippen LogP contribution < -0.4 is 17.0 Å². The molecular weight excluding hydrogens is 330 g/mol. The fourth-order valence-electron chi connectivity index (χ4n) is 2.36. The van der Waals surface area contributed by atoms with E-state index in [1.54, 1.807) is 30.3 Å². The van der Waals surface area contributed by atoms with Gasteiger partial charge >= 0.3 is 11.7 Å². The van der Waals surface area contributed by atoms with Gasteiger partial charge in [0.05, 0.1) is 6.54 Å². The smallest absolute Gasteiger partial charge is 0.334 e. The highest BCUT2D eigenvalue weighted by Gasteiger charge is 2.31. The number of nitrogens with zero attached hydrogens (tertiary/aromatic N) is 2. The van der Waals surface area contributed by atoms with Crippen LogP contribution in [0.15, 0.2) is 39.9 Å². The van der Waals surface area contributed by atoms with Crippen LogP contribution in [0.1, 0.15) is 22.8 Å². The molecule has 2 aromatic rings. The number of ketones is 1. The van der Waals surface area contributed by atoms with Crippen LogP contribution >= 0.6 is 0 Å². The number of Topliss-reactive ketones (excluding diaryl/α,β-unsaturated/α-hetero) is 1. The summed E-state index contributed by atoms with van der Waals surface area (Å²) in [6.07, 6.45) is 0. The lowest BCUT2D eigenvalue weighted by Gasteiger charge is -2.15. The van der Waals surface area contributed by atoms with E-state index < -0.39 is 40.5 Å². The van der Waals surface area contributed by atoms with Crippen LogP contribution in [-0.2, 0) is 17.9 Å². The Hall–Kier alpha value is -3.20. The van der Waals surface area contributed by atoms with Gasteiger partial charge in [-0.1, -0.05) is 30.3 Å². The molecule has 25 heavy (non-hydrogen) atoms. The van der Waals surface area contributed by atoms with Gasteiger partial charge in [0.1, 0.15) is 5.56 Å². The zero-order valence-corrected chi connectivity index (χ0v) is 13.4. The molecule has 0 aliphatic carbocycles. The first kappa shape index (κ1) is 18.1. The van der Waals surface area contributed by atoms with Gasteiger partial charge in [0, 0.05) is 6.54 Å². The normalized spacial score (nSPS) is 11.9. The Kier molecular flexibility index (Phi) is 5.18. The van der Waals surface area contributed by atoms with Crippen molar-refractivity contribution in [2.24, 2.45) is 5.73 Å². The maximum absolute atomic E-state index is 12.6. The average molecular weight is 347 g/mol. The number of carboxylic acids is 1. The number of rotatable bonds is 6. The van der Waals surface area contributed by atoms with Gasteiger partial charge in [-0.05, 0) is 12.5 Å². The number of carbonyl (C=O) groups excluding carboxylic acids is 1. The highest BCUT2D eigenvalue weighted by Crippen LogP contribution is 2.13. The lowest BCUT2D eigenvalue weighted by atomic mass is 10.1. The molecule has 1 aromatic heterocycles. The van der Waals surface area contributed by atoms with E-state index in [9.17, 15) is 24.3 Å². The summed E-state index contributed by atoms with van der Waals surface area (Å²) in [5.41, 5.74) is 3.18. The molecule has 0 aliphatic rings. The van der Waals surface area contributed by atoms with Crippen molar-refractivity contribution in [3.05, 3.63) is 62.3 Å². The van der Waals surface area contributed by atoms with Crippen molar-refractivity contribution in [2.75, 3.05) is 0 Å². The van der Waals surface area contributed by atoms with Gasteiger partial charge in [-0.3, -0.25) is 23.5 Å². The van der Waals surface area contributed by atoms with Crippen molar-refractivity contribution in [1.82, 2.24) is 9.13 Å². The molecule has 0 saturated carbocycles. The molecule has 0 fully saturated rings. The zero-order chi connectivity index (χ0) is 18.7. The Labute approximate surface area is 141 Å². The Balaban J connectivity index is 2.71. The number of aliphatic carboxylic acids is 1. The average Bonchev–Trinajstić information content (AvgIpc) is 2.59. The molecule has 132 valence electrons. The lowest BCUT2D eigenvalue weighted by Crippen LogP contribution is -2.47. The number of hydrogen-bond acceptors (Lipinski definition) is 6. The second kappa shape index (κ2) is 7.14. The Morgan fingerprint density at radius 2 is 1.76 bits per heavy atom. The van der Waals surface area contributed by atoms with Crippen LogP contribution in [0.3, 0.4) is 0 Å². The number of aromatic hydroxyl groups is 1. The predicted octanol–water partition coefficient (Wildman–Crippen LogP) is -0.622. The van der Waals surface area contributed by atoms with E-state index in [0.717, 1.165) is 9.13 Å². The number of carbonyl (C=O) groups is 2. The first-order chi connectivity index (χ1) is 11.8. The van der Waals surface area contributed by atoms with Crippen LogP contribution in [0.25, 0.3) is 0 Å². The minimum absolute atomic E-state index is 0.0255. The molecule has 1 atom stereocenters. The largest absolute Gasteiger partial charge is 0.494 e. The van der Waals surface area contributed by atoms with Crippen LogP contribution in [-0.4, -0.2) is 37.1 Å². The molecule has 0 amide bonds. The molecule has 0 bridgehead atoms. The summed E-state index contributed by atoms with van der Waals surface area (Å²) in [4.78, 5) is 48.2. The number of benzene rings is 1. The lowest BCUT2D eigenvalue weighted by molar-refractivity contribution is -0.137. The van der Waals surface area contributed by atoms with Crippen LogP contribution in [0.5, 0.6) is 5.88 Å². The number of aromatic nitrogens is 2. The zero-order valence-electron chi connectivity index (χ0n) is 13.4. The summed E-state index contributed by atoms with van der Waals surface area (Å²) in [5, 5.41) is 19.0. The summed E-state index contributed by atoms with van der Waals surface area (Å²) in [6, 6.07) is 6.52. The predicted molar refractivity (Wildman–Crippen MR) is 87.8 cm³/mol. The summed E-state index contributed by atoms with van der Waals surface area (Å²) in [5.74, 6) is -3.80. The first-order valence-corrected chi connectivity index (χ1v) is 7.42. The maximum atomic E-state index is 12.6. The summed E-state index contributed by atoms with van der Waals surface area (Å²) in [7, 11) is 0. The summed E-state index contributed by atoms with van der Waals surface area (Å²) in [6.45, 7) is 1.37. The van der Waals surface area contributed by atoms with Crippen molar-refractivity contribution in [1.29, 1.82) is 0 Å². The van der Waals surface area contributed by atoms with Crippen LogP contribution in [0, 0.1) is 0 Å². The molecule has 1 aromatic carbocycles. The number of hydrogen-bond donors (Lipinski definition) is 3. The third-order valence-corrected chi connectivity index (χ3v) is 3.69. The van der Waals surface area contributed by atoms with Crippen molar-refractivity contribution < 1.29 is 19.8 Å².